The third-order valence-corrected chi connectivity index (χ3v) is 4.39. The fourth-order valence-electron chi connectivity index (χ4n) is 2.02. The van der Waals surface area contributed by atoms with Crippen LogP contribution in [0.5, 0.6) is 0 Å². The molecule has 1 N–H and O–H groups in total. The van der Waals surface area contributed by atoms with Gasteiger partial charge in [0.15, 0.2) is 0 Å². The van der Waals surface area contributed by atoms with Crippen molar-refractivity contribution >= 4 is 34.2 Å². The summed E-state index contributed by atoms with van der Waals surface area (Å²) in [6.07, 6.45) is 1.54. The number of thiazole rings is 1. The molecule has 0 aliphatic rings. The van der Waals surface area contributed by atoms with Crippen molar-refractivity contribution in [1.82, 2.24) is 4.98 Å². The lowest BCUT2D eigenvalue weighted by Crippen LogP contribution is -1.92. The quantitative estimate of drug-likeness (QED) is 0.621. The summed E-state index contributed by atoms with van der Waals surface area (Å²) in [6, 6.07) is 16.1. The second-order valence-corrected chi connectivity index (χ2v) is 6.11. The number of benzene rings is 2. The van der Waals surface area contributed by atoms with Crippen LogP contribution in [-0.2, 0) is 0 Å². The minimum absolute atomic E-state index is 0.0209. The summed E-state index contributed by atoms with van der Waals surface area (Å²) in [7, 11) is 0. The largest absolute Gasteiger partial charge is 0.360 e. The summed E-state index contributed by atoms with van der Waals surface area (Å²) in [6.45, 7) is 0. The van der Waals surface area contributed by atoms with Crippen molar-refractivity contribution in [1.29, 1.82) is 5.26 Å². The molecule has 0 fully saturated rings. The highest BCUT2D eigenvalue weighted by Gasteiger charge is 2.09. The van der Waals surface area contributed by atoms with Crippen molar-refractivity contribution in [2.24, 2.45) is 0 Å². The molecule has 0 atom stereocenters. The van der Waals surface area contributed by atoms with E-state index in [0.717, 1.165) is 11.3 Å². The van der Waals surface area contributed by atoms with Gasteiger partial charge in [0.05, 0.1) is 10.7 Å². The molecule has 0 aliphatic heterocycles. The van der Waals surface area contributed by atoms with Crippen LogP contribution in [0.25, 0.3) is 16.8 Å². The Bertz CT molecular complexity index is 929. The number of nitrogens with one attached hydrogen (secondary N) is 1. The van der Waals surface area contributed by atoms with Crippen molar-refractivity contribution in [3.63, 3.8) is 0 Å². The number of aromatic nitrogens is 1. The molecular formula is C18H11ClFN3S. The van der Waals surface area contributed by atoms with Gasteiger partial charge in [-0.2, -0.15) is 5.26 Å². The number of nitrogens with zero attached hydrogens (tertiary/aromatic N) is 2. The third kappa shape index (κ3) is 3.62. The number of nitriles is 1. The zero-order valence-corrected chi connectivity index (χ0v) is 13.9. The van der Waals surface area contributed by atoms with Crippen molar-refractivity contribution in [2.75, 3.05) is 5.32 Å². The average Bonchev–Trinajstić information content (AvgIpc) is 3.09. The number of hydrogen-bond acceptors (Lipinski definition) is 4. The van der Waals surface area contributed by atoms with Gasteiger partial charge in [-0.05, 0) is 18.2 Å². The predicted molar refractivity (Wildman–Crippen MR) is 96.2 cm³/mol. The summed E-state index contributed by atoms with van der Waals surface area (Å²) in [5.74, 6) is -0.487. The molecule has 0 radical (unpaired) electrons. The van der Waals surface area contributed by atoms with Crippen LogP contribution in [0.1, 0.15) is 5.01 Å². The molecule has 0 amide bonds. The van der Waals surface area contributed by atoms with E-state index in [1.165, 1.54) is 29.7 Å². The summed E-state index contributed by atoms with van der Waals surface area (Å²) in [5.41, 5.74) is 2.80. The van der Waals surface area contributed by atoms with Crippen molar-refractivity contribution in [3.05, 3.63) is 76.0 Å². The lowest BCUT2D eigenvalue weighted by Gasteiger charge is -2.02. The molecule has 1 heterocycles. The van der Waals surface area contributed by atoms with Crippen LogP contribution in [0.15, 0.2) is 60.1 Å². The molecule has 0 saturated carbocycles. The molecule has 3 rings (SSSR count). The first kappa shape index (κ1) is 16.2. The Kier molecular flexibility index (Phi) is 4.90. The zero-order chi connectivity index (χ0) is 16.9. The van der Waals surface area contributed by atoms with Crippen LogP contribution in [0.2, 0.25) is 5.02 Å². The van der Waals surface area contributed by atoms with Gasteiger partial charge in [-0.25, -0.2) is 9.37 Å². The lowest BCUT2D eigenvalue weighted by atomic mass is 10.2. The Labute approximate surface area is 147 Å². The topological polar surface area (TPSA) is 48.7 Å². The second kappa shape index (κ2) is 7.26. The number of hydrogen-bond donors (Lipinski definition) is 1. The van der Waals surface area contributed by atoms with Crippen LogP contribution < -0.4 is 5.32 Å². The molecule has 0 unspecified atom stereocenters. The maximum Gasteiger partial charge on any atom is 0.141 e. The van der Waals surface area contributed by atoms with E-state index in [-0.39, 0.29) is 5.02 Å². The highest BCUT2D eigenvalue weighted by atomic mass is 35.5. The molecule has 3 aromatic rings. The summed E-state index contributed by atoms with van der Waals surface area (Å²) >= 11 is 7.13. The minimum atomic E-state index is -0.487. The zero-order valence-electron chi connectivity index (χ0n) is 12.3. The maximum atomic E-state index is 13.2. The smallest absolute Gasteiger partial charge is 0.141 e. The number of halogens is 2. The van der Waals surface area contributed by atoms with Gasteiger partial charge in [-0.3, -0.25) is 0 Å². The van der Waals surface area contributed by atoms with Crippen LogP contribution in [-0.4, -0.2) is 4.98 Å². The van der Waals surface area contributed by atoms with Gasteiger partial charge in [-0.15, -0.1) is 11.3 Å². The summed E-state index contributed by atoms with van der Waals surface area (Å²) in [4.78, 5) is 4.50. The van der Waals surface area contributed by atoms with Gasteiger partial charge in [0, 0.05) is 22.8 Å². The highest BCUT2D eigenvalue weighted by molar-refractivity contribution is 7.11. The Morgan fingerprint density at radius 3 is 2.75 bits per heavy atom. The fourth-order valence-corrected chi connectivity index (χ4v) is 3.00. The molecule has 1 aromatic heterocycles. The monoisotopic (exact) mass is 355 g/mol. The highest BCUT2D eigenvalue weighted by Crippen LogP contribution is 2.26. The van der Waals surface area contributed by atoms with Crippen molar-refractivity contribution < 1.29 is 4.39 Å². The number of rotatable bonds is 4. The Balaban J connectivity index is 1.82. The van der Waals surface area contributed by atoms with Gasteiger partial charge < -0.3 is 5.32 Å². The Morgan fingerprint density at radius 2 is 2.04 bits per heavy atom. The van der Waals surface area contributed by atoms with Crippen LogP contribution in [0, 0.1) is 17.1 Å². The van der Waals surface area contributed by atoms with Crippen LogP contribution in [0.3, 0.4) is 0 Å². The van der Waals surface area contributed by atoms with Crippen molar-refractivity contribution in [3.8, 4) is 17.3 Å². The van der Waals surface area contributed by atoms with E-state index in [9.17, 15) is 9.65 Å². The molecule has 0 aliphatic carbocycles. The third-order valence-electron chi connectivity index (χ3n) is 3.23. The molecule has 24 heavy (non-hydrogen) atoms. The first-order valence-corrected chi connectivity index (χ1v) is 8.26. The molecule has 6 heteroatoms. The van der Waals surface area contributed by atoms with E-state index in [1.54, 1.807) is 6.07 Å². The van der Waals surface area contributed by atoms with Crippen LogP contribution in [0.4, 0.5) is 10.1 Å². The first-order valence-electron chi connectivity index (χ1n) is 7.00. The molecule has 2 aromatic carbocycles. The number of anilines is 1. The fraction of sp³-hybridized carbons (Fsp3) is 0. The van der Waals surface area contributed by atoms with E-state index < -0.39 is 5.82 Å². The van der Waals surface area contributed by atoms with E-state index >= 15 is 0 Å². The molecular weight excluding hydrogens is 345 g/mol. The predicted octanol–water partition coefficient (Wildman–Crippen LogP) is 5.58. The van der Waals surface area contributed by atoms with Gasteiger partial charge in [0.2, 0.25) is 0 Å². The Hall–Kier alpha value is -2.68. The lowest BCUT2D eigenvalue weighted by molar-refractivity contribution is 0.628. The van der Waals surface area contributed by atoms with Gasteiger partial charge in [0.1, 0.15) is 22.5 Å². The summed E-state index contributed by atoms with van der Waals surface area (Å²) in [5, 5.41) is 14.8. The van der Waals surface area contributed by atoms with Crippen molar-refractivity contribution in [2.45, 2.75) is 0 Å². The second-order valence-electron chi connectivity index (χ2n) is 4.85. The van der Waals surface area contributed by atoms with Crippen LogP contribution >= 0.6 is 22.9 Å². The Morgan fingerprint density at radius 1 is 1.25 bits per heavy atom. The first-order chi connectivity index (χ1) is 11.7. The summed E-state index contributed by atoms with van der Waals surface area (Å²) < 4.78 is 13.2. The van der Waals surface area contributed by atoms with Gasteiger partial charge in [0.25, 0.3) is 0 Å². The molecule has 0 saturated heterocycles. The molecule has 0 spiro atoms. The standard InChI is InChI=1S/C18H11ClFN3S/c19-15-8-14(6-7-16(15)20)22-10-13(9-21)18-23-17(11-24-18)12-4-2-1-3-5-12/h1-8,10-11,22H. The molecule has 0 bridgehead atoms. The molecule has 3 nitrogen and oxygen atoms in total. The molecule has 118 valence electrons. The van der Waals surface area contributed by atoms with Gasteiger partial charge >= 0.3 is 0 Å². The number of allylic oxidation sites excluding steroid dienone is 1. The van der Waals surface area contributed by atoms with E-state index in [4.69, 9.17) is 11.6 Å². The average molecular weight is 356 g/mol. The van der Waals surface area contributed by atoms with Gasteiger partial charge in [-0.1, -0.05) is 41.9 Å². The minimum Gasteiger partial charge on any atom is -0.360 e. The SMILES string of the molecule is N#CC(=CNc1ccc(F)c(Cl)c1)c1nc(-c2ccccc2)cs1. The van der Waals surface area contributed by atoms with E-state index in [1.807, 2.05) is 35.7 Å². The van der Waals surface area contributed by atoms with E-state index in [0.29, 0.717) is 16.3 Å². The maximum absolute atomic E-state index is 13.2. The normalized spacial score (nSPS) is 11.1. The van der Waals surface area contributed by atoms with E-state index in [2.05, 4.69) is 16.4 Å².